The van der Waals surface area contributed by atoms with Crippen molar-refractivity contribution in [2.24, 2.45) is 5.73 Å². The van der Waals surface area contributed by atoms with Crippen LogP contribution >= 0.6 is 0 Å². The fraction of sp³-hybridized carbons (Fsp3) is 0.333. The predicted octanol–water partition coefficient (Wildman–Crippen LogP) is 2.81. The Morgan fingerprint density at radius 2 is 2.20 bits per heavy atom. The van der Waals surface area contributed by atoms with Crippen molar-refractivity contribution in [3.8, 4) is 5.75 Å². The zero-order valence-electron chi connectivity index (χ0n) is 9.05. The third-order valence-electron chi connectivity index (χ3n) is 2.21. The first-order valence-corrected chi connectivity index (χ1v) is 4.80. The predicted molar refractivity (Wildman–Crippen MR) is 59.2 cm³/mol. The molecule has 1 aromatic carbocycles. The molecule has 0 aliphatic heterocycles. The smallest absolute Gasteiger partial charge is 0.165 e. The Morgan fingerprint density at radius 1 is 1.60 bits per heavy atom. The Balaban J connectivity index is 3.07. The van der Waals surface area contributed by atoms with Crippen molar-refractivity contribution in [1.82, 2.24) is 0 Å². The van der Waals surface area contributed by atoms with Crippen molar-refractivity contribution >= 4 is 0 Å². The van der Waals surface area contributed by atoms with Crippen LogP contribution in [-0.2, 0) is 0 Å². The molecule has 0 fully saturated rings. The van der Waals surface area contributed by atoms with Gasteiger partial charge in [-0.2, -0.15) is 0 Å². The first-order valence-electron chi connectivity index (χ1n) is 4.80. The molecule has 3 heteroatoms. The van der Waals surface area contributed by atoms with Crippen LogP contribution in [0.4, 0.5) is 4.39 Å². The number of hydrogen-bond acceptors (Lipinski definition) is 2. The molecule has 0 aliphatic rings. The van der Waals surface area contributed by atoms with Crippen LogP contribution in [0.25, 0.3) is 0 Å². The standard InChI is InChI=1S/C12H16FNO/c1-7(2)4-11(14)9-5-8(3)6-10(13)12(9)15/h5-6,11,15H,1,4,14H2,2-3H3/t11-/m1/s1. The van der Waals surface area contributed by atoms with E-state index in [1.54, 1.807) is 13.0 Å². The van der Waals surface area contributed by atoms with Gasteiger partial charge in [-0.15, -0.1) is 6.58 Å². The van der Waals surface area contributed by atoms with Gasteiger partial charge in [0.25, 0.3) is 0 Å². The summed E-state index contributed by atoms with van der Waals surface area (Å²) in [5.74, 6) is -0.975. The quantitative estimate of drug-likeness (QED) is 0.752. The fourth-order valence-electron chi connectivity index (χ4n) is 1.53. The minimum absolute atomic E-state index is 0.352. The van der Waals surface area contributed by atoms with E-state index in [1.807, 2.05) is 6.92 Å². The van der Waals surface area contributed by atoms with Crippen molar-refractivity contribution < 1.29 is 9.50 Å². The largest absolute Gasteiger partial charge is 0.505 e. The maximum Gasteiger partial charge on any atom is 0.165 e. The summed E-state index contributed by atoms with van der Waals surface area (Å²) in [6, 6.07) is 2.58. The van der Waals surface area contributed by atoms with Gasteiger partial charge in [0, 0.05) is 11.6 Å². The summed E-state index contributed by atoms with van der Waals surface area (Å²) in [4.78, 5) is 0. The first-order chi connectivity index (χ1) is 6.91. The van der Waals surface area contributed by atoms with E-state index in [0.717, 1.165) is 11.1 Å². The van der Waals surface area contributed by atoms with Crippen molar-refractivity contribution in [3.05, 3.63) is 41.2 Å². The highest BCUT2D eigenvalue weighted by molar-refractivity contribution is 5.39. The number of phenolic OH excluding ortho intramolecular Hbond substituents is 1. The van der Waals surface area contributed by atoms with Crippen LogP contribution in [0, 0.1) is 12.7 Å². The number of aromatic hydroxyl groups is 1. The molecule has 0 radical (unpaired) electrons. The van der Waals surface area contributed by atoms with Crippen LogP contribution in [0.2, 0.25) is 0 Å². The van der Waals surface area contributed by atoms with Gasteiger partial charge in [-0.3, -0.25) is 0 Å². The highest BCUT2D eigenvalue weighted by Crippen LogP contribution is 2.29. The number of aryl methyl sites for hydroxylation is 1. The molecule has 1 rings (SSSR count). The minimum Gasteiger partial charge on any atom is -0.505 e. The molecule has 0 aromatic heterocycles. The summed E-state index contributed by atoms with van der Waals surface area (Å²) >= 11 is 0. The van der Waals surface area contributed by atoms with Gasteiger partial charge in [-0.05, 0) is 31.9 Å². The maximum absolute atomic E-state index is 13.2. The van der Waals surface area contributed by atoms with Crippen LogP contribution in [0.1, 0.15) is 30.5 Å². The Kier molecular flexibility index (Phi) is 3.48. The topological polar surface area (TPSA) is 46.2 Å². The monoisotopic (exact) mass is 209 g/mol. The second-order valence-electron chi connectivity index (χ2n) is 3.95. The van der Waals surface area contributed by atoms with Gasteiger partial charge in [0.2, 0.25) is 0 Å². The lowest BCUT2D eigenvalue weighted by Crippen LogP contribution is -2.11. The SMILES string of the molecule is C=C(C)C[C@@H](N)c1cc(C)cc(F)c1O. The second-order valence-corrected chi connectivity index (χ2v) is 3.95. The molecule has 2 nitrogen and oxygen atoms in total. The van der Waals surface area contributed by atoms with Crippen LogP contribution < -0.4 is 5.73 Å². The van der Waals surface area contributed by atoms with E-state index in [2.05, 4.69) is 6.58 Å². The zero-order chi connectivity index (χ0) is 11.6. The molecule has 0 heterocycles. The Hall–Kier alpha value is -1.35. The van der Waals surface area contributed by atoms with E-state index in [4.69, 9.17) is 5.73 Å². The Labute approximate surface area is 89.2 Å². The van der Waals surface area contributed by atoms with Gasteiger partial charge >= 0.3 is 0 Å². The summed E-state index contributed by atoms with van der Waals surface area (Å²) in [6.07, 6.45) is 0.538. The molecule has 0 saturated carbocycles. The maximum atomic E-state index is 13.2. The van der Waals surface area contributed by atoms with Crippen molar-refractivity contribution in [2.75, 3.05) is 0 Å². The van der Waals surface area contributed by atoms with Crippen LogP contribution in [0.5, 0.6) is 5.75 Å². The van der Waals surface area contributed by atoms with Crippen molar-refractivity contribution in [3.63, 3.8) is 0 Å². The number of phenols is 1. The van der Waals surface area contributed by atoms with E-state index >= 15 is 0 Å². The zero-order valence-corrected chi connectivity index (χ0v) is 9.05. The van der Waals surface area contributed by atoms with E-state index in [1.165, 1.54) is 6.07 Å². The lowest BCUT2D eigenvalue weighted by atomic mass is 9.98. The molecule has 0 amide bonds. The van der Waals surface area contributed by atoms with Crippen LogP contribution in [-0.4, -0.2) is 5.11 Å². The van der Waals surface area contributed by atoms with Gasteiger partial charge in [-0.25, -0.2) is 4.39 Å². The summed E-state index contributed by atoms with van der Waals surface area (Å²) in [5, 5.41) is 9.52. The highest BCUT2D eigenvalue weighted by Gasteiger charge is 2.14. The molecule has 0 saturated heterocycles. The summed E-state index contributed by atoms with van der Waals surface area (Å²) in [7, 11) is 0. The van der Waals surface area contributed by atoms with Gasteiger partial charge in [0.15, 0.2) is 11.6 Å². The van der Waals surface area contributed by atoms with E-state index in [-0.39, 0.29) is 5.75 Å². The normalized spacial score (nSPS) is 12.5. The van der Waals surface area contributed by atoms with E-state index in [0.29, 0.717) is 12.0 Å². The van der Waals surface area contributed by atoms with Gasteiger partial charge in [0.05, 0.1) is 0 Å². The Bertz CT molecular complexity index is 387. The summed E-state index contributed by atoms with van der Waals surface area (Å²) in [6.45, 7) is 7.35. The van der Waals surface area contributed by atoms with Crippen molar-refractivity contribution in [2.45, 2.75) is 26.3 Å². The molecule has 15 heavy (non-hydrogen) atoms. The lowest BCUT2D eigenvalue weighted by molar-refractivity contribution is 0.420. The fourth-order valence-corrected chi connectivity index (χ4v) is 1.53. The van der Waals surface area contributed by atoms with Crippen LogP contribution in [0.15, 0.2) is 24.3 Å². The summed E-state index contributed by atoms with van der Waals surface area (Å²) in [5.41, 5.74) is 7.94. The number of nitrogens with two attached hydrogens (primary N) is 1. The molecular formula is C12H16FNO. The number of hydrogen-bond donors (Lipinski definition) is 2. The first kappa shape index (κ1) is 11.7. The Morgan fingerprint density at radius 3 is 2.73 bits per heavy atom. The van der Waals surface area contributed by atoms with E-state index < -0.39 is 11.9 Å². The molecule has 0 bridgehead atoms. The van der Waals surface area contributed by atoms with Crippen molar-refractivity contribution in [1.29, 1.82) is 0 Å². The molecule has 0 spiro atoms. The lowest BCUT2D eigenvalue weighted by Gasteiger charge is -2.14. The molecule has 1 aromatic rings. The number of benzene rings is 1. The number of halogens is 1. The highest BCUT2D eigenvalue weighted by atomic mass is 19.1. The third kappa shape index (κ3) is 2.80. The number of rotatable bonds is 3. The minimum atomic E-state index is -0.623. The molecule has 0 unspecified atom stereocenters. The van der Waals surface area contributed by atoms with Gasteiger partial charge < -0.3 is 10.8 Å². The molecule has 0 aliphatic carbocycles. The molecule has 82 valence electrons. The third-order valence-corrected chi connectivity index (χ3v) is 2.21. The van der Waals surface area contributed by atoms with Gasteiger partial charge in [-0.1, -0.05) is 11.6 Å². The molecule has 1 atom stereocenters. The van der Waals surface area contributed by atoms with Gasteiger partial charge in [0.1, 0.15) is 0 Å². The average Bonchev–Trinajstić information content (AvgIpc) is 2.09. The van der Waals surface area contributed by atoms with Crippen LogP contribution in [0.3, 0.4) is 0 Å². The average molecular weight is 209 g/mol. The second kappa shape index (κ2) is 4.45. The molecule has 3 N–H and O–H groups in total. The molecular weight excluding hydrogens is 193 g/mol. The summed E-state index contributed by atoms with van der Waals surface area (Å²) < 4.78 is 13.2. The van der Waals surface area contributed by atoms with E-state index in [9.17, 15) is 9.50 Å².